The van der Waals surface area contributed by atoms with Crippen molar-refractivity contribution in [2.45, 2.75) is 9.79 Å². The second-order valence-electron chi connectivity index (χ2n) is 5.65. The van der Waals surface area contributed by atoms with E-state index in [9.17, 15) is 16.8 Å². The first-order valence-electron chi connectivity index (χ1n) is 7.82. The van der Waals surface area contributed by atoms with E-state index in [0.29, 0.717) is 11.5 Å². The maximum absolute atomic E-state index is 12.7. The van der Waals surface area contributed by atoms with Crippen LogP contribution in [0.5, 0.6) is 17.2 Å². The minimum atomic E-state index is -3.75. The fraction of sp³-hybridized carbons (Fsp3) is 0.0526. The highest BCUT2D eigenvalue weighted by Gasteiger charge is 2.18. The predicted molar refractivity (Wildman–Crippen MR) is 100 cm³/mol. The van der Waals surface area contributed by atoms with Gasteiger partial charge < -0.3 is 8.92 Å². The average Bonchev–Trinajstić information content (AvgIpc) is 2.62. The van der Waals surface area contributed by atoms with Gasteiger partial charge in [0.15, 0.2) is 0 Å². The van der Waals surface area contributed by atoms with Crippen LogP contribution in [0, 0.1) is 0 Å². The topological polar surface area (TPSA) is 86.7 Å². The Labute approximate surface area is 158 Å². The summed E-state index contributed by atoms with van der Waals surface area (Å²) in [5, 5.41) is 0. The molecule has 0 radical (unpaired) electrons. The van der Waals surface area contributed by atoms with E-state index in [-0.39, 0.29) is 15.5 Å². The lowest BCUT2D eigenvalue weighted by Gasteiger charge is -2.08. The van der Waals surface area contributed by atoms with Crippen LogP contribution in [-0.4, -0.2) is 23.1 Å². The van der Waals surface area contributed by atoms with Gasteiger partial charge in [-0.25, -0.2) is 8.42 Å². The van der Waals surface area contributed by atoms with Gasteiger partial charge in [-0.1, -0.05) is 18.2 Å². The number of rotatable bonds is 6. The second-order valence-corrected chi connectivity index (χ2v) is 9.17. The maximum atomic E-state index is 12.7. The van der Waals surface area contributed by atoms with E-state index in [1.165, 1.54) is 36.4 Å². The first-order chi connectivity index (χ1) is 12.7. The summed E-state index contributed by atoms with van der Waals surface area (Å²) < 4.78 is 58.0. The maximum Gasteiger partial charge on any atom is 0.306 e. The van der Waals surface area contributed by atoms with E-state index in [2.05, 4.69) is 0 Å². The fourth-order valence-electron chi connectivity index (χ4n) is 2.30. The first kappa shape index (κ1) is 18.9. The lowest BCUT2D eigenvalue weighted by molar-refractivity contribution is 0.482. The molecule has 0 fully saturated rings. The molecule has 3 aromatic rings. The van der Waals surface area contributed by atoms with Crippen molar-refractivity contribution < 1.29 is 25.8 Å². The normalized spacial score (nSPS) is 11.7. The zero-order valence-corrected chi connectivity index (χ0v) is 15.9. The van der Waals surface area contributed by atoms with Gasteiger partial charge in [0.2, 0.25) is 9.84 Å². The summed E-state index contributed by atoms with van der Waals surface area (Å²) in [5.74, 6) is 1.20. The van der Waals surface area contributed by atoms with Crippen LogP contribution in [-0.2, 0) is 20.0 Å². The van der Waals surface area contributed by atoms with Crippen molar-refractivity contribution in [2.75, 3.05) is 6.26 Å². The molecule has 0 spiro atoms. The van der Waals surface area contributed by atoms with Crippen LogP contribution in [0.2, 0.25) is 0 Å². The predicted octanol–water partition coefficient (Wildman–Crippen LogP) is 3.65. The molecule has 0 bridgehead atoms. The first-order valence-corrected chi connectivity index (χ1v) is 11.1. The smallest absolute Gasteiger partial charge is 0.306 e. The summed E-state index contributed by atoms with van der Waals surface area (Å²) in [6.45, 7) is 0. The highest BCUT2D eigenvalue weighted by atomic mass is 32.2. The Hall–Kier alpha value is -2.84. The summed E-state index contributed by atoms with van der Waals surface area (Å²) in [6.07, 6.45) is 0.913. The number of hydrogen-bond acceptors (Lipinski definition) is 6. The van der Waals surface area contributed by atoms with E-state index in [0.717, 1.165) is 6.26 Å². The Morgan fingerprint density at radius 2 is 1.04 bits per heavy atom. The van der Waals surface area contributed by atoms with Crippen LogP contribution in [0.4, 0.5) is 0 Å². The third-order valence-corrected chi connectivity index (χ3v) is 5.78. The lowest BCUT2D eigenvalue weighted by Crippen LogP contribution is -2.06. The Kier molecular flexibility index (Phi) is 5.20. The molecule has 0 N–H and O–H groups in total. The van der Waals surface area contributed by atoms with Gasteiger partial charge >= 0.3 is 10.1 Å². The van der Waals surface area contributed by atoms with Gasteiger partial charge in [0.05, 0.1) is 16.0 Å². The third-order valence-electron chi connectivity index (χ3n) is 3.49. The monoisotopic (exact) mass is 404 g/mol. The molecule has 0 saturated carbocycles. The lowest BCUT2D eigenvalue weighted by atomic mass is 10.3. The van der Waals surface area contributed by atoms with Crippen LogP contribution in [0.1, 0.15) is 0 Å². The SMILES string of the molecule is CS(=O)(=O)Oc1ccc(S(=O)(=O)c2ccc(Oc3ccccc3)cc2)cc1. The minimum absolute atomic E-state index is 0.0279. The molecule has 27 heavy (non-hydrogen) atoms. The molecule has 0 atom stereocenters. The molecule has 0 saturated heterocycles. The van der Waals surface area contributed by atoms with Crippen LogP contribution in [0.3, 0.4) is 0 Å². The molecule has 0 aliphatic heterocycles. The summed E-state index contributed by atoms with van der Waals surface area (Å²) in [7, 11) is -7.42. The highest BCUT2D eigenvalue weighted by molar-refractivity contribution is 7.91. The van der Waals surface area contributed by atoms with Crippen LogP contribution < -0.4 is 8.92 Å². The molecular formula is C19H16O6S2. The van der Waals surface area contributed by atoms with Crippen molar-refractivity contribution in [3.8, 4) is 17.2 Å². The van der Waals surface area contributed by atoms with Crippen molar-refractivity contribution in [3.05, 3.63) is 78.9 Å². The van der Waals surface area contributed by atoms with Crippen molar-refractivity contribution in [3.63, 3.8) is 0 Å². The Morgan fingerprint density at radius 1 is 0.593 bits per heavy atom. The van der Waals surface area contributed by atoms with Crippen molar-refractivity contribution in [1.82, 2.24) is 0 Å². The van der Waals surface area contributed by atoms with Gasteiger partial charge in [-0.15, -0.1) is 0 Å². The van der Waals surface area contributed by atoms with Crippen LogP contribution in [0.15, 0.2) is 88.7 Å². The zero-order chi connectivity index (χ0) is 19.5. The second kappa shape index (κ2) is 7.42. The summed E-state index contributed by atoms with van der Waals surface area (Å²) in [5.41, 5.74) is 0. The average molecular weight is 404 g/mol. The molecular weight excluding hydrogens is 388 g/mol. The minimum Gasteiger partial charge on any atom is -0.457 e. The number of para-hydroxylation sites is 1. The van der Waals surface area contributed by atoms with Crippen molar-refractivity contribution in [2.24, 2.45) is 0 Å². The summed E-state index contributed by atoms with van der Waals surface area (Å²) in [6, 6.07) is 20.4. The molecule has 0 aliphatic rings. The molecule has 140 valence electrons. The van der Waals surface area contributed by atoms with Crippen molar-refractivity contribution >= 4 is 20.0 Å². The molecule has 0 amide bonds. The molecule has 3 rings (SSSR count). The zero-order valence-electron chi connectivity index (χ0n) is 14.3. The third kappa shape index (κ3) is 4.87. The van der Waals surface area contributed by atoms with Crippen LogP contribution in [0.25, 0.3) is 0 Å². The highest BCUT2D eigenvalue weighted by Crippen LogP contribution is 2.27. The standard InChI is InChI=1S/C19H16O6S2/c1-26(20,21)25-17-9-13-19(14-10-17)27(22,23)18-11-7-16(8-12-18)24-15-5-3-2-4-6-15/h2-14H,1H3. The number of ether oxygens (including phenoxy) is 1. The summed E-state index contributed by atoms with van der Waals surface area (Å²) in [4.78, 5) is 0.125. The largest absolute Gasteiger partial charge is 0.457 e. The van der Waals surface area contributed by atoms with E-state index < -0.39 is 20.0 Å². The van der Waals surface area contributed by atoms with Crippen molar-refractivity contribution in [1.29, 1.82) is 0 Å². The molecule has 8 heteroatoms. The fourth-order valence-corrected chi connectivity index (χ4v) is 4.02. The van der Waals surface area contributed by atoms with E-state index >= 15 is 0 Å². The van der Waals surface area contributed by atoms with Gasteiger partial charge in [-0.05, 0) is 60.7 Å². The number of hydrogen-bond donors (Lipinski definition) is 0. The summed E-state index contributed by atoms with van der Waals surface area (Å²) >= 11 is 0. The van der Waals surface area contributed by atoms with E-state index in [1.54, 1.807) is 24.3 Å². The number of sulfone groups is 1. The molecule has 6 nitrogen and oxygen atoms in total. The molecule has 0 aromatic heterocycles. The van der Waals surface area contributed by atoms with Gasteiger partial charge in [0, 0.05) is 0 Å². The van der Waals surface area contributed by atoms with Gasteiger partial charge in [0.25, 0.3) is 0 Å². The Balaban J connectivity index is 1.80. The van der Waals surface area contributed by atoms with Crippen LogP contribution >= 0.6 is 0 Å². The Morgan fingerprint density at radius 3 is 1.52 bits per heavy atom. The molecule has 3 aromatic carbocycles. The molecule has 0 heterocycles. The number of benzene rings is 3. The Bertz CT molecular complexity index is 1120. The molecule has 0 unspecified atom stereocenters. The molecule has 0 aliphatic carbocycles. The van der Waals surface area contributed by atoms with E-state index in [1.807, 2.05) is 18.2 Å². The quantitative estimate of drug-likeness (QED) is 0.583. The van der Waals surface area contributed by atoms with Gasteiger partial charge in [0.1, 0.15) is 17.2 Å². The van der Waals surface area contributed by atoms with E-state index in [4.69, 9.17) is 8.92 Å². The van der Waals surface area contributed by atoms with Gasteiger partial charge in [-0.2, -0.15) is 8.42 Å². The van der Waals surface area contributed by atoms with Gasteiger partial charge in [-0.3, -0.25) is 0 Å².